The number of fused-ring (bicyclic) bond motifs is 1. The second-order valence-corrected chi connectivity index (χ2v) is 4.32. The first-order valence-corrected chi connectivity index (χ1v) is 5.83. The van der Waals surface area contributed by atoms with Crippen LogP contribution in [0.2, 0.25) is 0 Å². The van der Waals surface area contributed by atoms with E-state index in [1.165, 1.54) is 0 Å². The minimum atomic E-state index is -0.261. The van der Waals surface area contributed by atoms with E-state index in [1.807, 2.05) is 48.4 Å². The maximum Gasteiger partial charge on any atom is 0.130 e. The van der Waals surface area contributed by atoms with Crippen LogP contribution in [0.5, 0.6) is 0 Å². The van der Waals surface area contributed by atoms with Gasteiger partial charge >= 0.3 is 0 Å². The van der Waals surface area contributed by atoms with Gasteiger partial charge in [-0.15, -0.1) is 0 Å². The summed E-state index contributed by atoms with van der Waals surface area (Å²) in [5.41, 5.74) is 7.31. The fourth-order valence-corrected chi connectivity index (χ4v) is 2.20. The van der Waals surface area contributed by atoms with Crippen LogP contribution in [0.25, 0.3) is 10.8 Å². The Morgan fingerprint density at radius 3 is 2.83 bits per heavy atom. The second kappa shape index (κ2) is 4.23. The molecular weight excluding hydrogens is 224 g/mol. The van der Waals surface area contributed by atoms with Crippen LogP contribution in [0, 0.1) is 0 Å². The van der Waals surface area contributed by atoms with Gasteiger partial charge in [-0.25, -0.2) is 4.98 Å². The first-order valence-electron chi connectivity index (χ1n) is 5.83. The van der Waals surface area contributed by atoms with Crippen LogP contribution >= 0.6 is 0 Å². The lowest BCUT2D eigenvalue weighted by Gasteiger charge is -2.14. The lowest BCUT2D eigenvalue weighted by Crippen LogP contribution is -2.17. The van der Waals surface area contributed by atoms with Crippen molar-refractivity contribution in [3.05, 3.63) is 60.4 Å². The fraction of sp³-hybridized carbons (Fsp3) is 0.143. The van der Waals surface area contributed by atoms with Gasteiger partial charge in [0.1, 0.15) is 5.82 Å². The molecule has 18 heavy (non-hydrogen) atoms. The molecule has 0 saturated carbocycles. The summed E-state index contributed by atoms with van der Waals surface area (Å²) in [5.74, 6) is 0.841. The van der Waals surface area contributed by atoms with E-state index in [1.54, 1.807) is 6.20 Å². The van der Waals surface area contributed by atoms with Crippen molar-refractivity contribution in [2.75, 3.05) is 0 Å². The van der Waals surface area contributed by atoms with Gasteiger partial charge in [0.15, 0.2) is 0 Å². The van der Waals surface area contributed by atoms with Crippen molar-refractivity contribution in [2.45, 2.75) is 6.04 Å². The number of rotatable bonds is 2. The Morgan fingerprint density at radius 1 is 1.22 bits per heavy atom. The monoisotopic (exact) mass is 238 g/mol. The molecule has 0 aliphatic heterocycles. The topological polar surface area (TPSA) is 56.7 Å². The van der Waals surface area contributed by atoms with Crippen molar-refractivity contribution in [3.63, 3.8) is 0 Å². The number of benzene rings is 1. The summed E-state index contributed by atoms with van der Waals surface area (Å²) in [6, 6.07) is 7.85. The molecule has 0 saturated heterocycles. The third-order valence-corrected chi connectivity index (χ3v) is 3.17. The average molecular weight is 238 g/mol. The lowest BCUT2D eigenvalue weighted by atomic mass is 10.0. The highest BCUT2D eigenvalue weighted by atomic mass is 15.1. The molecule has 0 radical (unpaired) electrons. The number of aromatic nitrogens is 3. The molecule has 2 aromatic heterocycles. The number of hydrogen-bond acceptors (Lipinski definition) is 3. The molecule has 0 fully saturated rings. The van der Waals surface area contributed by atoms with Crippen LogP contribution in [0.15, 0.2) is 49.1 Å². The van der Waals surface area contributed by atoms with Crippen LogP contribution in [0.1, 0.15) is 17.4 Å². The van der Waals surface area contributed by atoms with Gasteiger partial charge in [0.25, 0.3) is 0 Å². The molecule has 0 bridgehead atoms. The molecule has 0 aliphatic carbocycles. The summed E-state index contributed by atoms with van der Waals surface area (Å²) in [5, 5.41) is 2.22. The van der Waals surface area contributed by atoms with Gasteiger partial charge in [0.05, 0.1) is 6.04 Å². The summed E-state index contributed by atoms with van der Waals surface area (Å²) in [6.07, 6.45) is 7.33. The first kappa shape index (κ1) is 10.9. The van der Waals surface area contributed by atoms with Gasteiger partial charge in [-0.1, -0.05) is 24.3 Å². The van der Waals surface area contributed by atoms with E-state index in [9.17, 15) is 0 Å². The van der Waals surface area contributed by atoms with Crippen molar-refractivity contribution in [1.82, 2.24) is 14.5 Å². The molecule has 2 heterocycles. The molecule has 0 aliphatic rings. The second-order valence-electron chi connectivity index (χ2n) is 4.32. The molecule has 3 rings (SSSR count). The third kappa shape index (κ3) is 1.67. The number of hydrogen-bond donors (Lipinski definition) is 1. The van der Waals surface area contributed by atoms with Crippen LogP contribution < -0.4 is 5.73 Å². The normalized spacial score (nSPS) is 12.8. The Balaban J connectivity index is 2.18. The molecule has 4 nitrogen and oxygen atoms in total. The predicted octanol–water partition coefficient (Wildman–Crippen LogP) is 2.02. The highest BCUT2D eigenvalue weighted by Gasteiger charge is 2.16. The van der Waals surface area contributed by atoms with Gasteiger partial charge in [-0.3, -0.25) is 4.98 Å². The summed E-state index contributed by atoms with van der Waals surface area (Å²) in [4.78, 5) is 8.57. The quantitative estimate of drug-likeness (QED) is 0.743. The van der Waals surface area contributed by atoms with E-state index in [-0.39, 0.29) is 6.04 Å². The number of pyridine rings is 1. The van der Waals surface area contributed by atoms with Crippen LogP contribution in [0.4, 0.5) is 0 Å². The van der Waals surface area contributed by atoms with E-state index in [4.69, 9.17) is 5.73 Å². The highest BCUT2D eigenvalue weighted by Crippen LogP contribution is 2.25. The molecule has 0 amide bonds. The van der Waals surface area contributed by atoms with Gasteiger partial charge in [0.2, 0.25) is 0 Å². The number of nitrogens with two attached hydrogens (primary N) is 1. The Morgan fingerprint density at radius 2 is 2.06 bits per heavy atom. The van der Waals surface area contributed by atoms with Gasteiger partial charge in [0, 0.05) is 42.8 Å². The number of imidazole rings is 1. The standard InChI is InChI=1S/C14H14N4/c1-18-7-6-17-14(18)13(15)12-9-16-8-10-4-2-3-5-11(10)12/h2-9,13H,15H2,1H3. The number of aryl methyl sites for hydroxylation is 1. The van der Waals surface area contributed by atoms with Crippen molar-refractivity contribution in [3.8, 4) is 0 Å². The van der Waals surface area contributed by atoms with E-state index in [0.29, 0.717) is 0 Å². The maximum absolute atomic E-state index is 6.30. The Labute approximate surface area is 105 Å². The molecule has 1 atom stereocenters. The van der Waals surface area contributed by atoms with E-state index in [2.05, 4.69) is 16.0 Å². The highest BCUT2D eigenvalue weighted by molar-refractivity contribution is 5.85. The van der Waals surface area contributed by atoms with E-state index < -0.39 is 0 Å². The van der Waals surface area contributed by atoms with Gasteiger partial charge < -0.3 is 10.3 Å². The van der Waals surface area contributed by atoms with E-state index >= 15 is 0 Å². The van der Waals surface area contributed by atoms with Crippen LogP contribution in [-0.4, -0.2) is 14.5 Å². The third-order valence-electron chi connectivity index (χ3n) is 3.17. The van der Waals surface area contributed by atoms with Crippen LogP contribution in [-0.2, 0) is 7.05 Å². The summed E-state index contributed by atoms with van der Waals surface area (Å²) >= 11 is 0. The SMILES string of the molecule is Cn1ccnc1C(N)c1cncc2ccccc12. The Bertz CT molecular complexity index is 682. The zero-order valence-electron chi connectivity index (χ0n) is 10.1. The summed E-state index contributed by atoms with van der Waals surface area (Å²) in [7, 11) is 1.95. The Kier molecular flexibility index (Phi) is 2.57. The lowest BCUT2D eigenvalue weighted by molar-refractivity contribution is 0.718. The predicted molar refractivity (Wildman–Crippen MR) is 71.0 cm³/mol. The molecule has 1 aromatic carbocycles. The maximum atomic E-state index is 6.30. The van der Waals surface area contributed by atoms with Crippen molar-refractivity contribution < 1.29 is 0 Å². The first-order chi connectivity index (χ1) is 8.77. The van der Waals surface area contributed by atoms with Crippen LogP contribution in [0.3, 0.4) is 0 Å². The molecular formula is C14H14N4. The molecule has 3 aromatic rings. The molecule has 4 heteroatoms. The zero-order chi connectivity index (χ0) is 12.5. The minimum Gasteiger partial charge on any atom is -0.336 e. The molecule has 0 spiro atoms. The molecule has 1 unspecified atom stereocenters. The van der Waals surface area contributed by atoms with Crippen molar-refractivity contribution in [1.29, 1.82) is 0 Å². The minimum absolute atomic E-state index is 0.261. The largest absolute Gasteiger partial charge is 0.336 e. The molecule has 90 valence electrons. The van der Waals surface area contributed by atoms with Crippen molar-refractivity contribution >= 4 is 10.8 Å². The van der Waals surface area contributed by atoms with Gasteiger partial charge in [-0.2, -0.15) is 0 Å². The van der Waals surface area contributed by atoms with E-state index in [0.717, 1.165) is 22.2 Å². The number of nitrogens with zero attached hydrogens (tertiary/aromatic N) is 3. The Hall–Kier alpha value is -2.20. The molecule has 2 N–H and O–H groups in total. The summed E-state index contributed by atoms with van der Waals surface area (Å²) in [6.45, 7) is 0. The summed E-state index contributed by atoms with van der Waals surface area (Å²) < 4.78 is 1.94. The van der Waals surface area contributed by atoms with Gasteiger partial charge in [-0.05, 0) is 5.39 Å². The smallest absolute Gasteiger partial charge is 0.130 e. The van der Waals surface area contributed by atoms with Crippen molar-refractivity contribution in [2.24, 2.45) is 12.8 Å². The fourth-order valence-electron chi connectivity index (χ4n) is 2.20. The average Bonchev–Trinajstić information content (AvgIpc) is 2.83. The zero-order valence-corrected chi connectivity index (χ0v) is 10.1.